The first-order chi connectivity index (χ1) is 22.1. The Morgan fingerprint density at radius 1 is 1.02 bits per heavy atom. The van der Waals surface area contributed by atoms with Gasteiger partial charge in [0.1, 0.15) is 22.6 Å². The van der Waals surface area contributed by atoms with Crippen LogP contribution in [0.15, 0.2) is 36.9 Å². The fraction of sp³-hybridized carbons (Fsp3) is 0.588. The van der Waals surface area contributed by atoms with Crippen LogP contribution in [0.3, 0.4) is 0 Å². The molecule has 0 bridgehead atoms. The molecule has 2 fully saturated rings. The first-order valence-corrected chi connectivity index (χ1v) is 16.5. The van der Waals surface area contributed by atoms with Crippen molar-refractivity contribution in [3.8, 4) is 22.6 Å². The van der Waals surface area contributed by atoms with Crippen LogP contribution in [0.4, 0.5) is 15.4 Å². The number of anilines is 1. The normalized spacial score (nSPS) is 21.8. The van der Waals surface area contributed by atoms with Gasteiger partial charge in [-0.2, -0.15) is 20.2 Å². The third-order valence-electron chi connectivity index (χ3n) is 8.62. The van der Waals surface area contributed by atoms with E-state index in [0.717, 1.165) is 41.7 Å². The molecule has 1 aliphatic heterocycles. The summed E-state index contributed by atoms with van der Waals surface area (Å²) in [6, 6.07) is 3.56. The summed E-state index contributed by atoms with van der Waals surface area (Å²) in [6.07, 6.45) is 11.0. The summed E-state index contributed by atoms with van der Waals surface area (Å²) in [5.74, 6) is 0.879. The Hall–Kier alpha value is -4.26. The Morgan fingerprint density at radius 2 is 1.72 bits per heavy atom. The van der Waals surface area contributed by atoms with Gasteiger partial charge in [-0.05, 0) is 92.6 Å². The van der Waals surface area contributed by atoms with Gasteiger partial charge in [0, 0.05) is 24.4 Å². The highest BCUT2D eigenvalue weighted by Crippen LogP contribution is 2.45. The highest BCUT2D eigenvalue weighted by atomic mass is 16.6. The number of nitrogens with zero attached hydrogens (tertiary/aromatic N) is 8. The minimum Gasteiger partial charge on any atom is -0.443 e. The molecule has 0 spiro atoms. The molecule has 5 heterocycles. The molecular weight excluding hydrogens is 600 g/mol. The van der Waals surface area contributed by atoms with Crippen molar-refractivity contribution in [2.24, 2.45) is 5.92 Å². The molecule has 1 unspecified atom stereocenters. The fourth-order valence-corrected chi connectivity index (χ4v) is 6.35. The zero-order valence-electron chi connectivity index (χ0n) is 28.7. The van der Waals surface area contributed by atoms with Crippen LogP contribution in [0, 0.1) is 5.92 Å². The van der Waals surface area contributed by atoms with Gasteiger partial charge in [0.15, 0.2) is 12.0 Å². The molecule has 1 atom stereocenters. The molecule has 1 aliphatic carbocycles. The van der Waals surface area contributed by atoms with Gasteiger partial charge in [0.2, 0.25) is 0 Å². The van der Waals surface area contributed by atoms with E-state index in [9.17, 15) is 9.59 Å². The zero-order valence-corrected chi connectivity index (χ0v) is 28.7. The number of rotatable bonds is 6. The highest BCUT2D eigenvalue weighted by Gasteiger charge is 2.42. The van der Waals surface area contributed by atoms with Crippen molar-refractivity contribution in [1.82, 2.24) is 34.2 Å². The number of hydrogen-bond donors (Lipinski definition) is 0. The van der Waals surface area contributed by atoms with E-state index in [1.165, 1.54) is 6.42 Å². The van der Waals surface area contributed by atoms with Crippen molar-refractivity contribution in [1.29, 1.82) is 0 Å². The van der Waals surface area contributed by atoms with Crippen LogP contribution < -0.4 is 4.90 Å². The summed E-state index contributed by atoms with van der Waals surface area (Å²) in [6.45, 7) is 15.5. The van der Waals surface area contributed by atoms with Crippen molar-refractivity contribution in [3.05, 3.63) is 36.9 Å². The predicted molar refractivity (Wildman–Crippen MR) is 176 cm³/mol. The van der Waals surface area contributed by atoms with Crippen molar-refractivity contribution in [2.75, 3.05) is 11.5 Å². The van der Waals surface area contributed by atoms with E-state index >= 15 is 0 Å². The van der Waals surface area contributed by atoms with E-state index in [1.807, 2.05) is 12.3 Å². The van der Waals surface area contributed by atoms with Crippen LogP contribution in [-0.4, -0.2) is 64.2 Å². The van der Waals surface area contributed by atoms with Gasteiger partial charge < -0.3 is 14.2 Å². The summed E-state index contributed by atoms with van der Waals surface area (Å²) in [7, 11) is 0. The van der Waals surface area contributed by atoms with Crippen molar-refractivity contribution in [2.45, 2.75) is 117 Å². The molecule has 4 aromatic heterocycles. The number of hydrogen-bond acceptors (Lipinski definition) is 9. The summed E-state index contributed by atoms with van der Waals surface area (Å²) >= 11 is 0. The van der Waals surface area contributed by atoms with Gasteiger partial charge in [-0.25, -0.2) is 23.8 Å². The first-order valence-electron chi connectivity index (χ1n) is 16.5. The molecule has 2 amide bonds. The van der Waals surface area contributed by atoms with E-state index in [2.05, 4.69) is 29.8 Å². The first kappa shape index (κ1) is 32.7. The summed E-state index contributed by atoms with van der Waals surface area (Å²) in [5.41, 5.74) is 1.54. The molecule has 0 N–H and O–H groups in total. The quantitative estimate of drug-likeness (QED) is 0.211. The topological polar surface area (TPSA) is 131 Å². The van der Waals surface area contributed by atoms with Crippen LogP contribution in [0.1, 0.15) is 100 Å². The lowest BCUT2D eigenvalue weighted by Gasteiger charge is -2.45. The molecule has 0 radical (unpaired) electrons. The Kier molecular flexibility index (Phi) is 8.39. The second-order valence-corrected chi connectivity index (χ2v) is 14.9. The second kappa shape index (κ2) is 12.1. The Balaban J connectivity index is 1.45. The van der Waals surface area contributed by atoms with Crippen LogP contribution in [0.5, 0.6) is 0 Å². The summed E-state index contributed by atoms with van der Waals surface area (Å²) in [4.78, 5) is 33.3. The van der Waals surface area contributed by atoms with Crippen LogP contribution in [0.2, 0.25) is 0 Å². The Morgan fingerprint density at radius 3 is 2.34 bits per heavy atom. The Labute approximate surface area is 275 Å². The largest absolute Gasteiger partial charge is 0.443 e. The number of amides is 2. The smallest absolute Gasteiger partial charge is 0.425 e. The molecule has 13 heteroatoms. The van der Waals surface area contributed by atoms with Crippen molar-refractivity contribution >= 4 is 23.5 Å². The van der Waals surface area contributed by atoms with Gasteiger partial charge in [-0.15, -0.1) is 0 Å². The van der Waals surface area contributed by atoms with Crippen LogP contribution in [-0.2, 0) is 19.7 Å². The molecule has 13 nitrogen and oxygen atoms in total. The average molecular weight is 647 g/mol. The average Bonchev–Trinajstić information content (AvgIpc) is 3.74. The number of imide groups is 1. The fourth-order valence-electron chi connectivity index (χ4n) is 6.35. The van der Waals surface area contributed by atoms with Gasteiger partial charge in [0.25, 0.3) is 0 Å². The second-order valence-electron chi connectivity index (χ2n) is 14.9. The number of aromatic nitrogens is 7. The third-order valence-corrected chi connectivity index (χ3v) is 8.62. The maximum Gasteiger partial charge on any atom is 0.425 e. The standard InChI is InChI=1S/C34H46N8O5/c1-9-22-17-34(8,18-22)40-20-23(19-36-40)29-26-13-14-35-39(26)21-25(37-29)24-16-27(42(38-24)28-12-10-11-15-45-28)41(30(43)46-32(2,3)4)31(44)47-33(5,6)7/h13-14,16,19-22,28H,9-12,15,17-18H2,1-8H3/t22-,28?,34-. The van der Waals surface area contributed by atoms with Crippen LogP contribution >= 0.6 is 0 Å². The lowest BCUT2D eigenvalue weighted by molar-refractivity contribution is -0.0385. The van der Waals surface area contributed by atoms with Gasteiger partial charge >= 0.3 is 12.2 Å². The maximum absolute atomic E-state index is 13.7. The molecule has 1 saturated carbocycles. The molecule has 0 aromatic carbocycles. The predicted octanol–water partition coefficient (Wildman–Crippen LogP) is 7.37. The Bertz CT molecular complexity index is 1730. The number of fused-ring (bicyclic) bond motifs is 1. The molecule has 6 rings (SSSR count). The zero-order chi connectivity index (χ0) is 33.7. The monoisotopic (exact) mass is 646 g/mol. The van der Waals surface area contributed by atoms with E-state index in [0.29, 0.717) is 36.0 Å². The molecular formula is C34H46N8O5. The SMILES string of the molecule is CC[C@H]1C[C@](C)(n2cc(-c3nc(-c4cc(N(C(=O)OC(C)(C)C)C(=O)OC(C)(C)C)n(C5CCCCO5)n4)cn4nccc34)cn2)C1. The number of carbonyl (C=O) groups is 2. The lowest BCUT2D eigenvalue weighted by atomic mass is 9.68. The van der Waals surface area contributed by atoms with Crippen molar-refractivity contribution in [3.63, 3.8) is 0 Å². The number of ether oxygens (including phenoxy) is 3. The van der Waals surface area contributed by atoms with Crippen LogP contribution in [0.25, 0.3) is 28.2 Å². The minimum absolute atomic E-state index is 0.0203. The van der Waals surface area contributed by atoms with Crippen molar-refractivity contribution < 1.29 is 23.8 Å². The molecule has 252 valence electrons. The number of carbonyl (C=O) groups excluding carboxylic acids is 2. The summed E-state index contributed by atoms with van der Waals surface area (Å²) in [5, 5.41) is 14.2. The molecule has 4 aromatic rings. The van der Waals surface area contributed by atoms with E-state index in [4.69, 9.17) is 29.4 Å². The molecule has 47 heavy (non-hydrogen) atoms. The van der Waals surface area contributed by atoms with Gasteiger partial charge in [-0.1, -0.05) is 13.3 Å². The highest BCUT2D eigenvalue weighted by molar-refractivity contribution is 6.09. The van der Waals surface area contributed by atoms with E-state index < -0.39 is 29.6 Å². The minimum atomic E-state index is -0.881. The third kappa shape index (κ3) is 6.76. The molecule has 2 aliphatic rings. The lowest BCUT2D eigenvalue weighted by Crippen LogP contribution is -2.45. The van der Waals surface area contributed by atoms with E-state index in [-0.39, 0.29) is 11.4 Å². The van der Waals surface area contributed by atoms with E-state index in [1.54, 1.807) is 69.2 Å². The van der Waals surface area contributed by atoms with Gasteiger partial charge in [-0.3, -0.25) is 4.68 Å². The summed E-state index contributed by atoms with van der Waals surface area (Å²) < 4.78 is 22.9. The maximum atomic E-state index is 13.7. The van der Waals surface area contributed by atoms with Gasteiger partial charge in [0.05, 0.1) is 35.3 Å². The molecule has 1 saturated heterocycles.